The Bertz CT molecular complexity index is 2140. The van der Waals surface area contributed by atoms with Gasteiger partial charge < -0.3 is 34.2 Å². The van der Waals surface area contributed by atoms with Gasteiger partial charge in [0.2, 0.25) is 5.78 Å². The Labute approximate surface area is 268 Å². The highest BCUT2D eigenvalue weighted by atomic mass is 32.7. The molecule has 2 saturated heterocycles. The Morgan fingerprint density at radius 2 is 1.74 bits per heavy atom. The van der Waals surface area contributed by atoms with Crippen LogP contribution in [0.4, 0.5) is 5.82 Å². The summed E-state index contributed by atoms with van der Waals surface area (Å²) < 4.78 is 60.3. The highest BCUT2D eigenvalue weighted by molar-refractivity contribution is 8.44. The van der Waals surface area contributed by atoms with Crippen molar-refractivity contribution in [3.05, 3.63) is 41.7 Å². The maximum atomic E-state index is 13.6. The first kappa shape index (κ1) is 30.5. The molecule has 9 atom stereocenters. The average Bonchev–Trinajstić information content (AvgIpc) is 3.79. The van der Waals surface area contributed by atoms with Gasteiger partial charge in [0.25, 0.3) is 5.56 Å². The summed E-state index contributed by atoms with van der Waals surface area (Å²) in [5, 5.41) is 11.3. The van der Waals surface area contributed by atoms with E-state index in [2.05, 4.69) is 54.4 Å². The number of imidazole rings is 3. The Balaban J connectivity index is 1.10. The zero-order chi connectivity index (χ0) is 32.0. The predicted octanol–water partition coefficient (Wildman–Crippen LogP) is 1.75. The minimum absolute atomic E-state index is 0.0527. The fraction of sp³-hybridized carbons (Fsp3) is 0.478. The molecule has 0 aromatic carbocycles. The maximum Gasteiger partial charge on any atom is 0.386 e. The number of nitrogens with zero attached hydrogens (tertiary/aromatic N) is 8. The largest absolute Gasteiger partial charge is 0.387 e. The van der Waals surface area contributed by atoms with Crippen LogP contribution in [0.1, 0.15) is 18.7 Å². The molecule has 5 aromatic rings. The summed E-state index contributed by atoms with van der Waals surface area (Å²) in [4.78, 5) is 36.9. The quantitative estimate of drug-likeness (QED) is 0.129. The van der Waals surface area contributed by atoms with Gasteiger partial charge in [-0.2, -0.15) is 0 Å². The van der Waals surface area contributed by atoms with E-state index in [0.29, 0.717) is 17.6 Å². The Hall–Kier alpha value is -2.84. The molecule has 0 amide bonds. The van der Waals surface area contributed by atoms with Gasteiger partial charge in [0, 0.05) is 24.4 Å². The number of H-pyrrole nitrogens is 1. The molecule has 1 saturated carbocycles. The van der Waals surface area contributed by atoms with Crippen molar-refractivity contribution in [2.45, 2.75) is 37.0 Å². The number of ether oxygens (including phenoxy) is 1. The summed E-state index contributed by atoms with van der Waals surface area (Å²) in [6, 6.07) is -0.224. The molecule has 3 aliphatic rings. The van der Waals surface area contributed by atoms with E-state index in [1.54, 1.807) is 6.33 Å². The average molecular weight is 713 g/mol. The number of aromatic nitrogens is 9. The second-order valence-corrected chi connectivity index (χ2v) is 17.0. The molecule has 46 heavy (non-hydrogen) atoms. The van der Waals surface area contributed by atoms with Crippen LogP contribution in [0.2, 0.25) is 0 Å². The van der Waals surface area contributed by atoms with Crippen LogP contribution in [0.15, 0.2) is 36.2 Å². The number of thiol groups is 2. The molecule has 19 nitrogen and oxygen atoms in total. The van der Waals surface area contributed by atoms with Crippen molar-refractivity contribution >= 4 is 72.0 Å². The number of aliphatic hydroxyl groups is 1. The maximum absolute atomic E-state index is 13.6. The number of hydrogen-bond acceptors (Lipinski definition) is 15. The number of anilines is 1. The van der Waals surface area contributed by atoms with Gasteiger partial charge in [-0.3, -0.25) is 18.4 Å². The summed E-state index contributed by atoms with van der Waals surface area (Å²) in [5.74, 6) is -0.115. The summed E-state index contributed by atoms with van der Waals surface area (Å²) in [5.41, 5.74) is 6.72. The number of rotatable bonds is 2. The number of nitrogens with two attached hydrogens (primary N) is 1. The molecule has 2 bridgehead atoms. The van der Waals surface area contributed by atoms with Crippen molar-refractivity contribution in [3.63, 3.8) is 0 Å². The number of nitrogen functional groups attached to an aromatic ring is 1. The lowest BCUT2D eigenvalue weighted by molar-refractivity contribution is -0.0462. The molecule has 0 spiro atoms. The molecule has 3 fully saturated rings. The van der Waals surface area contributed by atoms with Gasteiger partial charge in [-0.1, -0.05) is 24.5 Å². The molecule has 4 N–H and O–H groups in total. The van der Waals surface area contributed by atoms with Crippen molar-refractivity contribution in [3.8, 4) is 0 Å². The third-order valence-electron chi connectivity index (χ3n) is 8.60. The number of hydrogen-bond donors (Lipinski definition) is 5. The van der Waals surface area contributed by atoms with Gasteiger partial charge in [-0.05, 0) is 12.3 Å². The van der Waals surface area contributed by atoms with Gasteiger partial charge >= 0.3 is 13.6 Å². The van der Waals surface area contributed by atoms with Crippen molar-refractivity contribution in [1.82, 2.24) is 43.4 Å². The van der Waals surface area contributed by atoms with Crippen LogP contribution in [0.3, 0.4) is 0 Å². The molecule has 0 unspecified atom stereocenters. The summed E-state index contributed by atoms with van der Waals surface area (Å²) in [6.07, 6.45) is 2.48. The smallest absolute Gasteiger partial charge is 0.386 e. The molecule has 8 rings (SSSR count). The van der Waals surface area contributed by atoms with Crippen LogP contribution in [-0.2, 0) is 32.0 Å². The molecular weight excluding hydrogens is 686 g/mol. The van der Waals surface area contributed by atoms with Crippen LogP contribution >= 0.6 is 38.1 Å². The SMILES string of the molecule is Nc1ncnc2c1ncn2[C@@H]1C[C@@H]2CO[P@@](=O)(S)O[C@@H]3[C@H](O)[C@@H](CO[P@@](=O)(S)OC[C@H]21)O[C@H]3n1cnc2c(=O)n3ccnc3[nH]c21. The van der Waals surface area contributed by atoms with Crippen molar-refractivity contribution < 1.29 is 37.1 Å². The lowest BCUT2D eigenvalue weighted by Crippen LogP contribution is -2.43. The van der Waals surface area contributed by atoms with Crippen molar-refractivity contribution in [1.29, 1.82) is 0 Å². The van der Waals surface area contributed by atoms with E-state index in [9.17, 15) is 19.0 Å². The van der Waals surface area contributed by atoms with E-state index in [1.807, 2.05) is 4.57 Å². The fourth-order valence-electron chi connectivity index (χ4n) is 6.22. The standard InChI is InChI=1S/C23H26N10O9P2S2/c24-18-14-19(27-7-26-18)32(8-28-14)12-3-10-4-38-44(37,46)42-17-16(34)13(6-40-43(36,45)39-5-11(10)12)41-22(17)33-9-29-15-20(33)30-23-25-1-2-31(23)21(15)35/h1-2,7-13,16-17,22,34H,3-6H2,(H,25,30)(H,36,45)(H,37,46)(H2,24,26,27)/t10-,11-,12-,13-,16-,17-,22-,43+,44-/m1/s1. The highest BCUT2D eigenvalue weighted by Gasteiger charge is 2.51. The van der Waals surface area contributed by atoms with Crippen LogP contribution in [0.5, 0.6) is 0 Å². The lowest BCUT2D eigenvalue weighted by atomic mass is 9.70. The lowest BCUT2D eigenvalue weighted by Gasteiger charge is -2.45. The first-order valence-electron chi connectivity index (χ1n) is 14.0. The second-order valence-electron chi connectivity index (χ2n) is 11.2. The molecule has 0 radical (unpaired) electrons. The van der Waals surface area contributed by atoms with E-state index < -0.39 is 50.3 Å². The predicted molar refractivity (Wildman–Crippen MR) is 165 cm³/mol. The summed E-state index contributed by atoms with van der Waals surface area (Å²) in [6.45, 7) is -8.72. The second kappa shape index (κ2) is 11.1. The monoisotopic (exact) mass is 712 g/mol. The Morgan fingerprint density at radius 3 is 2.59 bits per heavy atom. The minimum Gasteiger partial charge on any atom is -0.387 e. The number of fused-ring (bicyclic) bond motifs is 6. The van der Waals surface area contributed by atoms with E-state index in [1.165, 1.54) is 34.0 Å². The zero-order valence-electron chi connectivity index (χ0n) is 23.4. The van der Waals surface area contributed by atoms with Gasteiger partial charge in [0.15, 0.2) is 23.2 Å². The minimum atomic E-state index is -4.14. The normalized spacial score (nSPS) is 35.7. The molecule has 2 aliphatic heterocycles. The highest BCUT2D eigenvalue weighted by Crippen LogP contribution is 2.60. The number of aliphatic hydroxyl groups excluding tert-OH is 1. The first-order valence-corrected chi connectivity index (χ1v) is 19.3. The topological polar surface area (TPSA) is 238 Å². The summed E-state index contributed by atoms with van der Waals surface area (Å²) >= 11 is 8.37. The van der Waals surface area contributed by atoms with E-state index in [0.717, 1.165) is 0 Å². The zero-order valence-corrected chi connectivity index (χ0v) is 27.0. The first-order chi connectivity index (χ1) is 22.0. The molecule has 1 aliphatic carbocycles. The fourth-order valence-corrected chi connectivity index (χ4v) is 8.89. The van der Waals surface area contributed by atoms with Crippen LogP contribution in [0.25, 0.3) is 28.1 Å². The number of aromatic amines is 1. The van der Waals surface area contributed by atoms with Gasteiger partial charge in [-0.25, -0.2) is 38.5 Å². The van der Waals surface area contributed by atoms with Crippen LogP contribution in [-0.4, -0.2) is 86.7 Å². The van der Waals surface area contributed by atoms with Gasteiger partial charge in [0.05, 0.1) is 32.5 Å². The van der Waals surface area contributed by atoms with E-state index >= 15 is 0 Å². The van der Waals surface area contributed by atoms with Crippen LogP contribution in [0, 0.1) is 11.8 Å². The molecule has 5 aromatic heterocycles. The Kier molecular flexibility index (Phi) is 7.37. The van der Waals surface area contributed by atoms with Crippen molar-refractivity contribution in [2.75, 3.05) is 25.6 Å². The molecule has 244 valence electrons. The van der Waals surface area contributed by atoms with Crippen molar-refractivity contribution in [2.24, 2.45) is 11.8 Å². The molecule has 23 heteroatoms. The van der Waals surface area contributed by atoms with E-state index in [4.69, 9.17) is 28.6 Å². The van der Waals surface area contributed by atoms with Gasteiger partial charge in [-0.15, -0.1) is 0 Å². The third-order valence-corrected chi connectivity index (χ3v) is 11.9. The third kappa shape index (κ3) is 5.09. The molecule has 7 heterocycles. The summed E-state index contributed by atoms with van der Waals surface area (Å²) in [7, 11) is 0. The Morgan fingerprint density at radius 1 is 0.978 bits per heavy atom. The van der Waals surface area contributed by atoms with Gasteiger partial charge in [0.1, 0.15) is 35.8 Å². The van der Waals surface area contributed by atoms with Crippen LogP contribution < -0.4 is 11.3 Å². The molecular formula is C23H26N10O9P2S2. The number of nitrogens with one attached hydrogen (secondary N) is 1. The van der Waals surface area contributed by atoms with E-state index in [-0.39, 0.29) is 53.9 Å².